The van der Waals surface area contributed by atoms with E-state index in [4.69, 9.17) is 18.6 Å². The Morgan fingerprint density at radius 2 is 0.878 bits per heavy atom. The van der Waals surface area contributed by atoms with E-state index in [1.807, 2.05) is 0 Å². The first-order valence-corrected chi connectivity index (χ1v) is 24.8. The van der Waals surface area contributed by atoms with E-state index in [1.165, 1.54) is 95.9 Å². The molecular formula is C44H70Cl2NPTi-2. The molecule has 1 saturated carbocycles. The molecule has 0 unspecified atom stereocenters. The molecule has 0 saturated heterocycles. The zero-order valence-corrected chi connectivity index (χ0v) is 38.2. The third-order valence-electron chi connectivity index (χ3n) is 13.0. The summed E-state index contributed by atoms with van der Waals surface area (Å²) in [5, 5.41) is 12.9. The van der Waals surface area contributed by atoms with Crippen molar-refractivity contribution in [3.05, 3.63) is 70.2 Å². The summed E-state index contributed by atoms with van der Waals surface area (Å²) in [6.45, 7) is 35.6. The van der Waals surface area contributed by atoms with Gasteiger partial charge >= 0.3 is 35.6 Å². The van der Waals surface area contributed by atoms with Gasteiger partial charge in [-0.15, -0.1) is 0 Å². The molecule has 6 rings (SSSR count). The van der Waals surface area contributed by atoms with Gasteiger partial charge in [-0.3, -0.25) is 0 Å². The molecule has 0 aliphatic heterocycles. The minimum atomic E-state index is -2.57. The van der Waals surface area contributed by atoms with E-state index in [1.54, 1.807) is 0 Å². The van der Waals surface area contributed by atoms with Crippen LogP contribution < -0.4 is 0 Å². The van der Waals surface area contributed by atoms with E-state index in [2.05, 4.69) is 128 Å². The average Bonchev–Trinajstić information content (AvgIpc) is 3.56. The van der Waals surface area contributed by atoms with Crippen LogP contribution in [0.4, 0.5) is 0 Å². The summed E-state index contributed by atoms with van der Waals surface area (Å²) in [5.74, 6) is 1.05. The van der Waals surface area contributed by atoms with E-state index in [0.29, 0.717) is 0 Å². The van der Waals surface area contributed by atoms with Crippen molar-refractivity contribution in [2.24, 2.45) is 5.92 Å². The van der Waals surface area contributed by atoms with Crippen LogP contribution in [0.25, 0.3) is 16.3 Å². The fraction of sp³-hybridized carbons (Fsp3) is 0.705. The van der Waals surface area contributed by atoms with Crippen LogP contribution in [-0.2, 0) is 38.7 Å². The SMILES string of the molecule is CC1(C)CCC(C)(C)c2cc3c(cc21)-c1cc2c(cc1C3P(=[N-])(C(C)(C)C)C(C)(C)C)C(C)(C)CCC2(C)C.CC1CCCC1.[CH3-].[Cl][Ti][Cl]. The number of fused-ring (bicyclic) bond motifs is 5. The summed E-state index contributed by atoms with van der Waals surface area (Å²) in [6, 6.07) is 10.3. The van der Waals surface area contributed by atoms with Gasteiger partial charge in [0.15, 0.2) is 0 Å². The molecular weight excluding hydrogens is 692 g/mol. The number of hydrogen-bond donors (Lipinski definition) is 0. The molecule has 2 aromatic carbocycles. The Balaban J connectivity index is 0.000000572. The van der Waals surface area contributed by atoms with Crippen LogP contribution in [-0.4, -0.2) is 10.3 Å². The van der Waals surface area contributed by atoms with Gasteiger partial charge in [0.05, 0.1) is 0 Å². The first kappa shape index (κ1) is 43.4. The molecule has 276 valence electrons. The monoisotopic (exact) mass is 761 g/mol. The molecule has 0 aromatic heterocycles. The van der Waals surface area contributed by atoms with Crippen molar-refractivity contribution in [3.8, 4) is 11.1 Å². The van der Waals surface area contributed by atoms with Crippen molar-refractivity contribution in [2.75, 3.05) is 0 Å². The van der Waals surface area contributed by atoms with Gasteiger partial charge in [-0.1, -0.05) is 142 Å². The zero-order chi connectivity index (χ0) is 36.5. The molecule has 49 heavy (non-hydrogen) atoms. The number of rotatable bonds is 1. The average molecular weight is 763 g/mol. The first-order valence-electron chi connectivity index (χ1n) is 18.7. The summed E-state index contributed by atoms with van der Waals surface area (Å²) < 4.78 is 0. The predicted octanol–water partition coefficient (Wildman–Crippen LogP) is 15.8. The second-order valence-corrected chi connectivity index (χ2v) is 27.5. The third-order valence-corrected chi connectivity index (χ3v) is 18.4. The van der Waals surface area contributed by atoms with E-state index in [-0.39, 0.29) is 45.1 Å². The molecule has 0 atom stereocenters. The Kier molecular flexibility index (Phi) is 13.0. The molecule has 0 heterocycles. The summed E-state index contributed by atoms with van der Waals surface area (Å²) in [4.78, 5) is 0. The predicted molar refractivity (Wildman–Crippen MR) is 220 cm³/mol. The van der Waals surface area contributed by atoms with Crippen molar-refractivity contribution in [3.63, 3.8) is 0 Å². The minimum absolute atomic E-state index is 0. The summed E-state index contributed by atoms with van der Waals surface area (Å²) in [6.07, 6.45) is 10.8. The van der Waals surface area contributed by atoms with Crippen molar-refractivity contribution in [1.82, 2.24) is 0 Å². The Bertz CT molecular complexity index is 1440. The number of benzene rings is 2. The molecule has 0 bridgehead atoms. The first-order chi connectivity index (χ1) is 21.8. The van der Waals surface area contributed by atoms with E-state index in [0.717, 1.165) is 5.92 Å². The summed E-state index contributed by atoms with van der Waals surface area (Å²) in [7, 11) is 7.21. The fourth-order valence-electron chi connectivity index (χ4n) is 9.66. The Hall–Kier alpha value is -0.0357. The molecule has 4 aliphatic rings. The van der Waals surface area contributed by atoms with Crippen LogP contribution >= 0.6 is 25.7 Å². The van der Waals surface area contributed by atoms with Crippen molar-refractivity contribution in [1.29, 1.82) is 0 Å². The van der Waals surface area contributed by atoms with Gasteiger partial charge in [0.1, 0.15) is 0 Å². The number of nitrogens with zero attached hydrogens (tertiary/aromatic N) is 1. The van der Waals surface area contributed by atoms with Crippen LogP contribution in [0.2, 0.25) is 0 Å². The number of hydrogen-bond acceptors (Lipinski definition) is 0. The van der Waals surface area contributed by atoms with E-state index in [9.17, 15) is 5.16 Å². The van der Waals surface area contributed by atoms with Crippen LogP contribution in [0.15, 0.2) is 24.3 Å². The van der Waals surface area contributed by atoms with Crippen molar-refractivity contribution in [2.45, 2.75) is 193 Å². The van der Waals surface area contributed by atoms with E-state index < -0.39 is 24.1 Å². The Morgan fingerprint density at radius 3 is 1.10 bits per heavy atom. The number of halogens is 2. The van der Waals surface area contributed by atoms with Gasteiger partial charge < -0.3 is 12.6 Å². The molecule has 2 aromatic rings. The standard InChI is InChI=1S/C37H55NP.C6H12.CH3.2ClH.Ti/c1-32(2,3)39(38,33(4,5)6)31-25-21-29-27(34(7,8)15-17-36(29,11)12)19-23(25)24-20-28-30(22-26(24)31)37(13,14)18-16-35(28,9)10;1-6-4-2-3-5-6;;;;/h19-22,31H,15-18H2,1-14H3;6H,2-5H2,1H3;1H3;2*1H;/q-1;;-1;;;+2/p-2. The molecule has 0 amide bonds. The second kappa shape index (κ2) is 14.7. The molecule has 4 aliphatic carbocycles. The Morgan fingerprint density at radius 1 is 0.612 bits per heavy atom. The second-order valence-electron chi connectivity index (χ2n) is 20.4. The molecule has 0 N–H and O–H groups in total. The van der Waals surface area contributed by atoms with Gasteiger partial charge in [0.25, 0.3) is 0 Å². The topological polar surface area (TPSA) is 22.3 Å². The quantitative estimate of drug-likeness (QED) is 0.157. The van der Waals surface area contributed by atoms with Gasteiger partial charge in [-0.2, -0.15) is 0 Å². The van der Waals surface area contributed by atoms with Gasteiger partial charge in [0.2, 0.25) is 0 Å². The zero-order valence-electron chi connectivity index (χ0n) is 34.3. The maximum absolute atomic E-state index is 13.3. The van der Waals surface area contributed by atoms with Gasteiger partial charge in [0, 0.05) is 5.66 Å². The van der Waals surface area contributed by atoms with Gasteiger partial charge in [-0.05, 0) is 120 Å². The maximum atomic E-state index is 13.3. The molecule has 0 radical (unpaired) electrons. The van der Waals surface area contributed by atoms with Crippen LogP contribution in [0.3, 0.4) is 0 Å². The summed E-state index contributed by atoms with van der Waals surface area (Å²) in [5.41, 5.74) is 12.3. The van der Waals surface area contributed by atoms with Crippen LogP contribution in [0.5, 0.6) is 0 Å². The fourth-order valence-corrected chi connectivity index (χ4v) is 14.5. The normalized spacial score (nSPS) is 21.7. The van der Waals surface area contributed by atoms with E-state index >= 15 is 0 Å². The molecule has 1 nitrogen and oxygen atoms in total. The van der Waals surface area contributed by atoms with Crippen LogP contribution in [0.1, 0.15) is 194 Å². The van der Waals surface area contributed by atoms with Gasteiger partial charge in [-0.25, -0.2) is 7.05 Å². The molecule has 0 spiro atoms. The van der Waals surface area contributed by atoms with Crippen LogP contribution in [0, 0.1) is 13.3 Å². The summed E-state index contributed by atoms with van der Waals surface area (Å²) >= 11 is -0.556. The third kappa shape index (κ3) is 7.94. The Labute approximate surface area is 320 Å². The molecule has 1 fully saturated rings. The van der Waals surface area contributed by atoms with Crippen molar-refractivity contribution >= 4 is 25.7 Å². The van der Waals surface area contributed by atoms with Crippen molar-refractivity contribution < 1.29 is 17.0 Å². The molecule has 5 heteroatoms.